The van der Waals surface area contributed by atoms with Gasteiger partial charge >= 0.3 is 0 Å². The van der Waals surface area contributed by atoms with Gasteiger partial charge in [-0.1, -0.05) is 17.7 Å². The number of hydrogen-bond acceptors (Lipinski definition) is 2. The molecule has 0 aliphatic carbocycles. The molecule has 2 rings (SSSR count). The first-order chi connectivity index (χ1) is 7.59. The van der Waals surface area contributed by atoms with Gasteiger partial charge in [0.15, 0.2) is 0 Å². The summed E-state index contributed by atoms with van der Waals surface area (Å²) in [5.41, 5.74) is -0.242. The SMILES string of the molecule is OC1(Cc2ccc(Cl)cc2F)CCNCC1. The molecule has 1 saturated heterocycles. The van der Waals surface area contributed by atoms with Gasteiger partial charge in [0.25, 0.3) is 0 Å². The fraction of sp³-hybridized carbons (Fsp3) is 0.500. The summed E-state index contributed by atoms with van der Waals surface area (Å²) >= 11 is 5.68. The van der Waals surface area contributed by atoms with E-state index < -0.39 is 5.60 Å². The van der Waals surface area contributed by atoms with Crippen molar-refractivity contribution in [3.8, 4) is 0 Å². The summed E-state index contributed by atoms with van der Waals surface area (Å²) < 4.78 is 13.6. The summed E-state index contributed by atoms with van der Waals surface area (Å²) in [6.07, 6.45) is 1.68. The largest absolute Gasteiger partial charge is 0.389 e. The minimum atomic E-state index is -0.778. The monoisotopic (exact) mass is 243 g/mol. The highest BCUT2D eigenvalue weighted by molar-refractivity contribution is 6.30. The van der Waals surface area contributed by atoms with Gasteiger partial charge in [-0.2, -0.15) is 0 Å². The lowest BCUT2D eigenvalue weighted by Crippen LogP contribution is -2.43. The van der Waals surface area contributed by atoms with E-state index in [-0.39, 0.29) is 5.82 Å². The minimum absolute atomic E-state index is 0.334. The van der Waals surface area contributed by atoms with E-state index in [4.69, 9.17) is 11.6 Å². The molecule has 0 bridgehead atoms. The van der Waals surface area contributed by atoms with Gasteiger partial charge in [-0.25, -0.2) is 4.39 Å². The van der Waals surface area contributed by atoms with Gasteiger partial charge in [-0.05, 0) is 43.6 Å². The number of benzene rings is 1. The molecule has 16 heavy (non-hydrogen) atoms. The van der Waals surface area contributed by atoms with Crippen molar-refractivity contribution in [2.24, 2.45) is 0 Å². The molecule has 1 aromatic carbocycles. The lowest BCUT2D eigenvalue weighted by atomic mass is 9.86. The third-order valence-corrected chi connectivity index (χ3v) is 3.30. The first kappa shape index (κ1) is 11.8. The molecule has 0 atom stereocenters. The van der Waals surface area contributed by atoms with Gasteiger partial charge in [0.1, 0.15) is 5.82 Å². The summed E-state index contributed by atoms with van der Waals surface area (Å²) in [4.78, 5) is 0. The van der Waals surface area contributed by atoms with E-state index in [1.165, 1.54) is 6.07 Å². The maximum Gasteiger partial charge on any atom is 0.127 e. The third kappa shape index (κ3) is 2.73. The Bertz CT molecular complexity index is 377. The molecule has 88 valence electrons. The van der Waals surface area contributed by atoms with E-state index in [0.29, 0.717) is 29.8 Å². The van der Waals surface area contributed by atoms with Gasteiger partial charge in [-0.3, -0.25) is 0 Å². The van der Waals surface area contributed by atoms with E-state index in [1.54, 1.807) is 12.1 Å². The van der Waals surface area contributed by atoms with E-state index in [0.717, 1.165) is 13.1 Å². The molecule has 1 heterocycles. The second-order valence-electron chi connectivity index (χ2n) is 4.39. The number of halogens is 2. The van der Waals surface area contributed by atoms with Crippen molar-refractivity contribution in [2.45, 2.75) is 24.9 Å². The van der Waals surface area contributed by atoms with Crippen molar-refractivity contribution in [2.75, 3.05) is 13.1 Å². The van der Waals surface area contributed by atoms with Crippen LogP contribution in [0.25, 0.3) is 0 Å². The maximum absolute atomic E-state index is 13.6. The molecule has 1 aliphatic heterocycles. The molecule has 0 saturated carbocycles. The zero-order valence-corrected chi connectivity index (χ0v) is 9.73. The van der Waals surface area contributed by atoms with Crippen molar-refractivity contribution < 1.29 is 9.50 Å². The van der Waals surface area contributed by atoms with Gasteiger partial charge in [-0.15, -0.1) is 0 Å². The van der Waals surface area contributed by atoms with Crippen molar-refractivity contribution in [3.05, 3.63) is 34.6 Å². The molecule has 0 unspecified atom stereocenters. The van der Waals surface area contributed by atoms with Crippen molar-refractivity contribution in [3.63, 3.8) is 0 Å². The summed E-state index contributed by atoms with van der Waals surface area (Å²) in [7, 11) is 0. The van der Waals surface area contributed by atoms with Gasteiger partial charge in [0.2, 0.25) is 0 Å². The standard InChI is InChI=1S/C12H15ClFNO/c13-10-2-1-9(11(14)7-10)8-12(16)3-5-15-6-4-12/h1-2,7,15-16H,3-6,8H2. The third-order valence-electron chi connectivity index (χ3n) is 3.07. The lowest BCUT2D eigenvalue weighted by molar-refractivity contribution is 0.0101. The molecule has 0 aromatic heterocycles. The lowest BCUT2D eigenvalue weighted by Gasteiger charge is -2.32. The fourth-order valence-corrected chi connectivity index (χ4v) is 2.25. The Morgan fingerprint density at radius 3 is 2.69 bits per heavy atom. The van der Waals surface area contributed by atoms with Crippen LogP contribution in [0, 0.1) is 5.82 Å². The van der Waals surface area contributed by atoms with Crippen LogP contribution in [0.5, 0.6) is 0 Å². The van der Waals surface area contributed by atoms with Crippen LogP contribution in [0.1, 0.15) is 18.4 Å². The summed E-state index contributed by atoms with van der Waals surface area (Å²) in [5.74, 6) is -0.334. The highest BCUT2D eigenvalue weighted by atomic mass is 35.5. The Morgan fingerprint density at radius 1 is 1.38 bits per heavy atom. The predicted octanol–water partition coefficient (Wildman–Crippen LogP) is 2.14. The normalized spacial score (nSPS) is 19.7. The number of aliphatic hydroxyl groups is 1. The number of piperidine rings is 1. The average molecular weight is 244 g/mol. The summed E-state index contributed by atoms with van der Waals surface area (Å²) in [6, 6.07) is 4.60. The second kappa shape index (κ2) is 4.70. The first-order valence-electron chi connectivity index (χ1n) is 5.46. The zero-order valence-electron chi connectivity index (χ0n) is 8.97. The quantitative estimate of drug-likeness (QED) is 0.834. The highest BCUT2D eigenvalue weighted by Gasteiger charge is 2.30. The molecule has 1 fully saturated rings. The predicted molar refractivity (Wildman–Crippen MR) is 62.2 cm³/mol. The molecule has 2 nitrogen and oxygen atoms in total. The van der Waals surface area contributed by atoms with Crippen LogP contribution in [-0.2, 0) is 6.42 Å². The topological polar surface area (TPSA) is 32.3 Å². The Hall–Kier alpha value is -0.640. The highest BCUT2D eigenvalue weighted by Crippen LogP contribution is 2.25. The Kier molecular flexibility index (Phi) is 3.47. The molecule has 0 spiro atoms. The minimum Gasteiger partial charge on any atom is -0.389 e. The molecule has 2 N–H and O–H groups in total. The molecule has 1 aromatic rings. The Labute approximate surface area is 99.4 Å². The number of rotatable bonds is 2. The van der Waals surface area contributed by atoms with Crippen LogP contribution in [0.3, 0.4) is 0 Å². The van der Waals surface area contributed by atoms with E-state index in [1.807, 2.05) is 0 Å². The van der Waals surface area contributed by atoms with Crippen LogP contribution in [0.2, 0.25) is 5.02 Å². The fourth-order valence-electron chi connectivity index (χ4n) is 2.09. The van der Waals surface area contributed by atoms with E-state index in [2.05, 4.69) is 5.32 Å². The van der Waals surface area contributed by atoms with Crippen LogP contribution >= 0.6 is 11.6 Å². The summed E-state index contributed by atoms with van der Waals surface area (Å²) in [5, 5.41) is 13.8. The van der Waals surface area contributed by atoms with Crippen LogP contribution in [0.4, 0.5) is 4.39 Å². The molecule has 4 heteroatoms. The molecule has 1 aliphatic rings. The molecule has 0 radical (unpaired) electrons. The molecular weight excluding hydrogens is 229 g/mol. The van der Waals surface area contributed by atoms with E-state index in [9.17, 15) is 9.50 Å². The van der Waals surface area contributed by atoms with Crippen molar-refractivity contribution in [1.29, 1.82) is 0 Å². The van der Waals surface area contributed by atoms with Crippen molar-refractivity contribution >= 4 is 11.6 Å². The smallest absolute Gasteiger partial charge is 0.127 e. The molecular formula is C12H15ClFNO. The number of nitrogens with one attached hydrogen (secondary N) is 1. The van der Waals surface area contributed by atoms with Crippen LogP contribution in [-0.4, -0.2) is 23.8 Å². The zero-order chi connectivity index (χ0) is 11.6. The summed E-state index contributed by atoms with van der Waals surface area (Å²) in [6.45, 7) is 1.57. The van der Waals surface area contributed by atoms with Gasteiger partial charge < -0.3 is 10.4 Å². The van der Waals surface area contributed by atoms with Gasteiger partial charge in [0, 0.05) is 11.4 Å². The maximum atomic E-state index is 13.6. The van der Waals surface area contributed by atoms with Crippen molar-refractivity contribution in [1.82, 2.24) is 5.32 Å². The Morgan fingerprint density at radius 2 is 2.06 bits per heavy atom. The van der Waals surface area contributed by atoms with E-state index >= 15 is 0 Å². The second-order valence-corrected chi connectivity index (χ2v) is 4.82. The van der Waals surface area contributed by atoms with Gasteiger partial charge in [0.05, 0.1) is 5.60 Å². The number of hydrogen-bond donors (Lipinski definition) is 2. The Balaban J connectivity index is 2.13. The van der Waals surface area contributed by atoms with Crippen LogP contribution in [0.15, 0.2) is 18.2 Å². The first-order valence-corrected chi connectivity index (χ1v) is 5.84. The van der Waals surface area contributed by atoms with Crippen LogP contribution < -0.4 is 5.32 Å². The average Bonchev–Trinajstić information content (AvgIpc) is 2.23. The molecule has 0 amide bonds.